The first-order valence-electron chi connectivity index (χ1n) is 9.06. The molecule has 0 aliphatic carbocycles. The number of benzene rings is 1. The monoisotopic (exact) mass is 373 g/mol. The molecule has 27 heavy (non-hydrogen) atoms. The van der Waals surface area contributed by atoms with Crippen LogP contribution in [0, 0.1) is 5.92 Å². The van der Waals surface area contributed by atoms with E-state index in [-0.39, 0.29) is 24.5 Å². The molecule has 146 valence electrons. The Balaban J connectivity index is 2.36. The van der Waals surface area contributed by atoms with Gasteiger partial charge >= 0.3 is 12.0 Å². The highest BCUT2D eigenvalue weighted by Crippen LogP contribution is 2.31. The van der Waals surface area contributed by atoms with Crippen molar-refractivity contribution in [2.75, 3.05) is 19.0 Å². The summed E-state index contributed by atoms with van der Waals surface area (Å²) in [7, 11) is 1.60. The second kappa shape index (κ2) is 8.70. The molecule has 7 heteroatoms. The van der Waals surface area contributed by atoms with Crippen LogP contribution in [-0.4, -0.2) is 36.5 Å². The van der Waals surface area contributed by atoms with Crippen LogP contribution in [0.1, 0.15) is 45.7 Å². The minimum atomic E-state index is -0.644. The molecule has 1 aliphatic heterocycles. The zero-order chi connectivity index (χ0) is 20.1. The maximum absolute atomic E-state index is 12.5. The smallest absolute Gasteiger partial charge is 0.338 e. The van der Waals surface area contributed by atoms with Crippen LogP contribution in [0.5, 0.6) is 0 Å². The van der Waals surface area contributed by atoms with E-state index in [0.717, 1.165) is 0 Å². The molecule has 2 N–H and O–H groups in total. The summed E-state index contributed by atoms with van der Waals surface area (Å²) >= 11 is 0. The SMILES string of the molecule is CCOC(=O)C1=C(C)N(C)C(=O)NC1c1cccc(NC(=O)CC(C)C)c1. The molecule has 1 aromatic rings. The number of esters is 1. The Hall–Kier alpha value is -2.83. The van der Waals surface area contributed by atoms with E-state index in [0.29, 0.717) is 28.9 Å². The van der Waals surface area contributed by atoms with Crippen molar-refractivity contribution in [1.82, 2.24) is 10.2 Å². The molecule has 0 saturated heterocycles. The fraction of sp³-hybridized carbons (Fsp3) is 0.450. The summed E-state index contributed by atoms with van der Waals surface area (Å²) in [4.78, 5) is 38.2. The number of nitrogens with one attached hydrogen (secondary N) is 2. The number of ether oxygens (including phenoxy) is 1. The van der Waals surface area contributed by atoms with Crippen LogP contribution >= 0.6 is 0 Å². The van der Waals surface area contributed by atoms with Crippen molar-refractivity contribution in [1.29, 1.82) is 0 Å². The third kappa shape index (κ3) is 4.87. The largest absolute Gasteiger partial charge is 0.463 e. The van der Waals surface area contributed by atoms with Gasteiger partial charge in [-0.1, -0.05) is 26.0 Å². The number of carbonyl (C=O) groups is 3. The predicted octanol–water partition coefficient (Wildman–Crippen LogP) is 3.20. The van der Waals surface area contributed by atoms with Crippen molar-refractivity contribution in [2.45, 2.75) is 40.2 Å². The molecule has 1 heterocycles. The first-order chi connectivity index (χ1) is 12.7. The van der Waals surface area contributed by atoms with Crippen LogP contribution in [0.2, 0.25) is 0 Å². The minimum Gasteiger partial charge on any atom is -0.463 e. The van der Waals surface area contributed by atoms with Gasteiger partial charge < -0.3 is 20.3 Å². The van der Waals surface area contributed by atoms with Gasteiger partial charge in [0.05, 0.1) is 18.2 Å². The van der Waals surface area contributed by atoms with Crippen LogP contribution in [0.4, 0.5) is 10.5 Å². The van der Waals surface area contributed by atoms with E-state index in [1.54, 1.807) is 45.2 Å². The van der Waals surface area contributed by atoms with Gasteiger partial charge in [0.15, 0.2) is 0 Å². The zero-order valence-electron chi connectivity index (χ0n) is 16.5. The van der Waals surface area contributed by atoms with Crippen molar-refractivity contribution in [2.24, 2.45) is 5.92 Å². The Morgan fingerprint density at radius 3 is 2.67 bits per heavy atom. The maximum atomic E-state index is 12.5. The number of hydrogen-bond acceptors (Lipinski definition) is 4. The van der Waals surface area contributed by atoms with E-state index in [1.165, 1.54) is 4.90 Å². The molecule has 0 fully saturated rings. The number of urea groups is 1. The van der Waals surface area contributed by atoms with E-state index in [9.17, 15) is 14.4 Å². The molecule has 7 nitrogen and oxygen atoms in total. The van der Waals surface area contributed by atoms with E-state index in [4.69, 9.17) is 4.74 Å². The lowest BCUT2D eigenvalue weighted by Gasteiger charge is -2.33. The highest BCUT2D eigenvalue weighted by Gasteiger charge is 2.35. The van der Waals surface area contributed by atoms with Crippen LogP contribution in [-0.2, 0) is 14.3 Å². The number of allylic oxidation sites excluding steroid dienone is 1. The molecule has 0 aromatic heterocycles. The Morgan fingerprint density at radius 1 is 1.33 bits per heavy atom. The minimum absolute atomic E-state index is 0.0769. The number of rotatable bonds is 6. The second-order valence-corrected chi connectivity index (χ2v) is 6.93. The van der Waals surface area contributed by atoms with Crippen molar-refractivity contribution in [3.05, 3.63) is 41.1 Å². The van der Waals surface area contributed by atoms with Crippen molar-refractivity contribution in [3.63, 3.8) is 0 Å². The fourth-order valence-corrected chi connectivity index (χ4v) is 2.94. The van der Waals surface area contributed by atoms with Crippen LogP contribution in [0.3, 0.4) is 0 Å². The average Bonchev–Trinajstić information content (AvgIpc) is 2.58. The molecule has 0 saturated carbocycles. The summed E-state index contributed by atoms with van der Waals surface area (Å²) < 4.78 is 5.18. The van der Waals surface area contributed by atoms with Crippen LogP contribution < -0.4 is 10.6 Å². The molecule has 3 amide bonds. The molecular formula is C20H27N3O4. The van der Waals surface area contributed by atoms with Crippen molar-refractivity contribution < 1.29 is 19.1 Å². The summed E-state index contributed by atoms with van der Waals surface area (Å²) in [6.07, 6.45) is 0.419. The lowest BCUT2D eigenvalue weighted by atomic mass is 9.94. The van der Waals surface area contributed by atoms with Crippen LogP contribution in [0.15, 0.2) is 35.5 Å². The van der Waals surface area contributed by atoms with Gasteiger partial charge in [-0.3, -0.25) is 4.79 Å². The summed E-state index contributed by atoms with van der Waals surface area (Å²) in [5, 5.41) is 5.69. The molecule has 0 bridgehead atoms. The van der Waals surface area contributed by atoms with E-state index < -0.39 is 12.0 Å². The Bertz CT molecular complexity index is 770. The molecule has 0 spiro atoms. The molecule has 0 radical (unpaired) electrons. The first kappa shape index (κ1) is 20.5. The Labute approximate surface area is 159 Å². The third-order valence-electron chi connectivity index (χ3n) is 4.35. The second-order valence-electron chi connectivity index (χ2n) is 6.93. The van der Waals surface area contributed by atoms with E-state index in [1.807, 2.05) is 13.8 Å². The van der Waals surface area contributed by atoms with E-state index in [2.05, 4.69) is 10.6 Å². The fourth-order valence-electron chi connectivity index (χ4n) is 2.94. The average molecular weight is 373 g/mol. The normalized spacial score (nSPS) is 17.0. The van der Waals surface area contributed by atoms with Gasteiger partial charge in [-0.2, -0.15) is 0 Å². The lowest BCUT2D eigenvalue weighted by Crippen LogP contribution is -2.46. The zero-order valence-corrected chi connectivity index (χ0v) is 16.5. The van der Waals surface area contributed by atoms with Gasteiger partial charge in [0.25, 0.3) is 0 Å². The molecular weight excluding hydrogens is 346 g/mol. The number of anilines is 1. The molecule has 1 atom stereocenters. The number of nitrogens with zero attached hydrogens (tertiary/aromatic N) is 1. The number of hydrogen-bond donors (Lipinski definition) is 2. The topological polar surface area (TPSA) is 87.7 Å². The Kier molecular flexibility index (Phi) is 6.60. The third-order valence-corrected chi connectivity index (χ3v) is 4.35. The molecule has 2 rings (SSSR count). The summed E-state index contributed by atoms with van der Waals surface area (Å²) in [6, 6.07) is 6.18. The van der Waals surface area contributed by atoms with E-state index >= 15 is 0 Å². The summed E-state index contributed by atoms with van der Waals surface area (Å²) in [5.74, 6) is -0.296. The number of carbonyl (C=O) groups excluding carboxylic acids is 3. The van der Waals surface area contributed by atoms with Gasteiger partial charge in [-0.15, -0.1) is 0 Å². The number of amides is 3. The summed E-state index contributed by atoms with van der Waals surface area (Å²) in [6.45, 7) is 7.64. The highest BCUT2D eigenvalue weighted by atomic mass is 16.5. The first-order valence-corrected chi connectivity index (χ1v) is 9.06. The lowest BCUT2D eigenvalue weighted by molar-refractivity contribution is -0.139. The van der Waals surface area contributed by atoms with Crippen LogP contribution in [0.25, 0.3) is 0 Å². The summed E-state index contributed by atoms with van der Waals surface area (Å²) in [5.41, 5.74) is 2.23. The quantitative estimate of drug-likeness (QED) is 0.750. The van der Waals surface area contributed by atoms with Gasteiger partial charge in [0.1, 0.15) is 0 Å². The predicted molar refractivity (Wildman–Crippen MR) is 103 cm³/mol. The molecule has 1 aromatic carbocycles. The van der Waals surface area contributed by atoms with Crippen molar-refractivity contribution in [3.8, 4) is 0 Å². The standard InChI is InChI=1S/C20H27N3O4/c1-6-27-19(25)17-13(4)23(5)20(26)22-18(17)14-8-7-9-15(11-14)21-16(24)10-12(2)3/h7-9,11-12,18H,6,10H2,1-5H3,(H,21,24)(H,22,26). The van der Waals surface area contributed by atoms with Gasteiger partial charge in [-0.25, -0.2) is 9.59 Å². The highest BCUT2D eigenvalue weighted by molar-refractivity contribution is 5.95. The van der Waals surface area contributed by atoms with Gasteiger partial charge in [-0.05, 0) is 37.5 Å². The molecule has 1 aliphatic rings. The van der Waals surface area contributed by atoms with Crippen molar-refractivity contribution >= 4 is 23.6 Å². The maximum Gasteiger partial charge on any atom is 0.338 e. The molecule has 1 unspecified atom stereocenters. The van der Waals surface area contributed by atoms with Gasteiger partial charge in [0.2, 0.25) is 5.91 Å². The van der Waals surface area contributed by atoms with Gasteiger partial charge in [0, 0.05) is 24.9 Å². The Morgan fingerprint density at radius 2 is 2.04 bits per heavy atom.